The Morgan fingerprint density at radius 2 is 1.97 bits per heavy atom. The van der Waals surface area contributed by atoms with Crippen molar-refractivity contribution < 1.29 is 14.6 Å². The van der Waals surface area contributed by atoms with Crippen LogP contribution in [0.1, 0.15) is 55.2 Å². The number of benzene rings is 2. The van der Waals surface area contributed by atoms with Gasteiger partial charge >= 0.3 is 5.97 Å². The summed E-state index contributed by atoms with van der Waals surface area (Å²) in [6, 6.07) is 16.8. The molecule has 0 aliphatic heterocycles. The molecule has 0 heterocycles. The van der Waals surface area contributed by atoms with E-state index in [2.05, 4.69) is 49.4 Å². The van der Waals surface area contributed by atoms with Crippen LogP contribution < -0.4 is 4.74 Å². The first-order valence-corrected chi connectivity index (χ1v) is 10.7. The fourth-order valence-electron chi connectivity index (χ4n) is 4.60. The van der Waals surface area contributed by atoms with Gasteiger partial charge in [-0.3, -0.25) is 4.79 Å². The Labute approximate surface area is 173 Å². The highest BCUT2D eigenvalue weighted by molar-refractivity contribution is 5.71. The summed E-state index contributed by atoms with van der Waals surface area (Å²) in [6.45, 7) is 4.65. The second-order valence-corrected chi connectivity index (χ2v) is 8.78. The van der Waals surface area contributed by atoms with Crippen LogP contribution in [0.25, 0.3) is 5.57 Å². The van der Waals surface area contributed by atoms with Crippen LogP contribution in [-0.2, 0) is 4.79 Å². The molecular weight excluding hydrogens is 360 g/mol. The molecule has 4 rings (SSSR count). The van der Waals surface area contributed by atoms with Crippen LogP contribution in [-0.4, -0.2) is 17.7 Å². The summed E-state index contributed by atoms with van der Waals surface area (Å²) in [6.07, 6.45) is 6.69. The van der Waals surface area contributed by atoms with Crippen LogP contribution in [0.4, 0.5) is 0 Å². The van der Waals surface area contributed by atoms with E-state index in [1.54, 1.807) is 0 Å². The minimum atomic E-state index is -0.714. The standard InChI is InChI=1S/C26H30O3/c1-17-5-3-6-21(13-17)22-10-9-19(14-22)16-29-24-8-4-7-23(15-24)25(20-11-12-20)18(2)26(27)28/h3-8,10,13,15,18-20,25H,9,11-12,14,16H2,1-2H3,(H,27,28)/t18-,19?,25-/m0/s1. The van der Waals surface area contributed by atoms with Crippen LogP contribution in [0.2, 0.25) is 0 Å². The number of allylic oxidation sites excluding steroid dienone is 2. The normalized spacial score (nSPS) is 20.8. The van der Waals surface area contributed by atoms with Gasteiger partial charge in [-0.15, -0.1) is 0 Å². The Morgan fingerprint density at radius 1 is 1.17 bits per heavy atom. The summed E-state index contributed by atoms with van der Waals surface area (Å²) in [4.78, 5) is 11.6. The average Bonchev–Trinajstić information content (AvgIpc) is 3.42. The third kappa shape index (κ3) is 4.72. The number of aryl methyl sites for hydroxylation is 1. The van der Waals surface area contributed by atoms with Gasteiger partial charge in [0.1, 0.15) is 5.75 Å². The lowest BCUT2D eigenvalue weighted by atomic mass is 9.83. The molecule has 1 N–H and O–H groups in total. The van der Waals surface area contributed by atoms with E-state index in [-0.39, 0.29) is 11.8 Å². The van der Waals surface area contributed by atoms with Crippen molar-refractivity contribution in [3.05, 3.63) is 71.3 Å². The van der Waals surface area contributed by atoms with E-state index in [0.717, 1.165) is 37.0 Å². The molecule has 0 saturated heterocycles. The van der Waals surface area contributed by atoms with Gasteiger partial charge in [0, 0.05) is 5.92 Å². The molecule has 1 saturated carbocycles. The zero-order chi connectivity index (χ0) is 20.4. The van der Waals surface area contributed by atoms with Crippen molar-refractivity contribution in [1.29, 1.82) is 0 Å². The number of rotatable bonds is 8. The fraction of sp³-hybridized carbons (Fsp3) is 0.423. The Morgan fingerprint density at radius 3 is 2.69 bits per heavy atom. The number of aliphatic carboxylic acids is 1. The van der Waals surface area contributed by atoms with Gasteiger partial charge in [0.25, 0.3) is 0 Å². The molecule has 1 unspecified atom stereocenters. The maximum absolute atomic E-state index is 11.6. The number of carbonyl (C=O) groups is 1. The summed E-state index contributed by atoms with van der Waals surface area (Å²) >= 11 is 0. The van der Waals surface area contributed by atoms with E-state index in [1.807, 2.05) is 19.1 Å². The molecule has 29 heavy (non-hydrogen) atoms. The van der Waals surface area contributed by atoms with Gasteiger partial charge in [-0.25, -0.2) is 0 Å². The summed E-state index contributed by atoms with van der Waals surface area (Å²) in [5, 5.41) is 9.51. The third-order valence-electron chi connectivity index (χ3n) is 6.38. The molecule has 0 amide bonds. The summed E-state index contributed by atoms with van der Waals surface area (Å²) < 4.78 is 6.15. The van der Waals surface area contributed by atoms with Crippen LogP contribution in [0.5, 0.6) is 5.75 Å². The lowest BCUT2D eigenvalue weighted by Gasteiger charge is -2.22. The molecule has 3 heteroatoms. The minimum Gasteiger partial charge on any atom is -0.493 e. The highest BCUT2D eigenvalue weighted by Crippen LogP contribution is 2.47. The number of ether oxygens (including phenoxy) is 1. The van der Waals surface area contributed by atoms with E-state index in [1.165, 1.54) is 16.7 Å². The minimum absolute atomic E-state index is 0.0807. The molecule has 0 aromatic heterocycles. The smallest absolute Gasteiger partial charge is 0.306 e. The summed E-state index contributed by atoms with van der Waals surface area (Å²) in [5.74, 6) is 0.841. The molecule has 1 fully saturated rings. The second kappa shape index (κ2) is 8.44. The van der Waals surface area contributed by atoms with Crippen LogP contribution in [0.3, 0.4) is 0 Å². The molecule has 152 valence electrons. The number of hydrogen-bond acceptors (Lipinski definition) is 2. The number of carboxylic acids is 1. The van der Waals surface area contributed by atoms with Gasteiger partial charge < -0.3 is 9.84 Å². The van der Waals surface area contributed by atoms with Crippen molar-refractivity contribution in [2.24, 2.45) is 17.8 Å². The zero-order valence-corrected chi connectivity index (χ0v) is 17.3. The maximum Gasteiger partial charge on any atom is 0.306 e. The van der Waals surface area contributed by atoms with Gasteiger partial charge in [0.2, 0.25) is 0 Å². The number of hydrogen-bond donors (Lipinski definition) is 1. The molecule has 2 aliphatic rings. The van der Waals surface area contributed by atoms with E-state index in [0.29, 0.717) is 18.4 Å². The first-order valence-electron chi connectivity index (χ1n) is 10.7. The van der Waals surface area contributed by atoms with Crippen molar-refractivity contribution in [3.63, 3.8) is 0 Å². The van der Waals surface area contributed by atoms with Crippen LogP contribution >= 0.6 is 0 Å². The summed E-state index contributed by atoms with van der Waals surface area (Å²) in [7, 11) is 0. The lowest BCUT2D eigenvalue weighted by Crippen LogP contribution is -2.20. The van der Waals surface area contributed by atoms with Crippen molar-refractivity contribution in [2.45, 2.75) is 45.4 Å². The number of carboxylic acid groups (broad SMARTS) is 1. The fourth-order valence-corrected chi connectivity index (χ4v) is 4.60. The van der Waals surface area contributed by atoms with E-state index < -0.39 is 5.97 Å². The maximum atomic E-state index is 11.6. The van der Waals surface area contributed by atoms with Gasteiger partial charge in [0.05, 0.1) is 12.5 Å². The Balaban J connectivity index is 1.37. The quantitative estimate of drug-likeness (QED) is 0.594. The van der Waals surface area contributed by atoms with Gasteiger partial charge in [0.15, 0.2) is 0 Å². The van der Waals surface area contributed by atoms with Gasteiger partial charge in [-0.05, 0) is 73.3 Å². The van der Waals surface area contributed by atoms with Crippen molar-refractivity contribution in [2.75, 3.05) is 6.61 Å². The highest BCUT2D eigenvalue weighted by atomic mass is 16.5. The first-order chi connectivity index (χ1) is 14.0. The predicted octanol–water partition coefficient (Wildman–Crippen LogP) is 6.08. The molecule has 0 radical (unpaired) electrons. The van der Waals surface area contributed by atoms with Gasteiger partial charge in [-0.1, -0.05) is 55.0 Å². The Kier molecular flexibility index (Phi) is 5.75. The lowest BCUT2D eigenvalue weighted by molar-refractivity contribution is -0.142. The third-order valence-corrected chi connectivity index (χ3v) is 6.38. The van der Waals surface area contributed by atoms with E-state index >= 15 is 0 Å². The molecule has 3 nitrogen and oxygen atoms in total. The summed E-state index contributed by atoms with van der Waals surface area (Å²) in [5.41, 5.74) is 5.13. The topological polar surface area (TPSA) is 46.5 Å². The largest absolute Gasteiger partial charge is 0.493 e. The van der Waals surface area contributed by atoms with Crippen LogP contribution in [0, 0.1) is 24.7 Å². The van der Waals surface area contributed by atoms with Crippen molar-refractivity contribution >= 4 is 11.5 Å². The van der Waals surface area contributed by atoms with E-state index in [4.69, 9.17) is 4.74 Å². The SMILES string of the molecule is Cc1cccc(C2=CCC(COc3cccc([C@H](C4CC4)[C@H](C)C(=O)O)c3)C2)c1. The molecule has 2 aromatic carbocycles. The first kappa shape index (κ1) is 19.8. The monoisotopic (exact) mass is 390 g/mol. The zero-order valence-electron chi connectivity index (χ0n) is 17.3. The van der Waals surface area contributed by atoms with Gasteiger partial charge in [-0.2, -0.15) is 0 Å². The molecule has 2 aliphatic carbocycles. The highest BCUT2D eigenvalue weighted by Gasteiger charge is 2.38. The molecule has 0 spiro atoms. The molecular formula is C26H30O3. The Hall–Kier alpha value is -2.55. The van der Waals surface area contributed by atoms with Crippen molar-refractivity contribution in [3.8, 4) is 5.75 Å². The van der Waals surface area contributed by atoms with Crippen LogP contribution in [0.15, 0.2) is 54.6 Å². The van der Waals surface area contributed by atoms with Crippen molar-refractivity contribution in [1.82, 2.24) is 0 Å². The van der Waals surface area contributed by atoms with E-state index in [9.17, 15) is 9.90 Å². The Bertz CT molecular complexity index is 910. The predicted molar refractivity (Wildman–Crippen MR) is 116 cm³/mol. The molecule has 3 atom stereocenters. The second-order valence-electron chi connectivity index (χ2n) is 8.78. The average molecular weight is 391 g/mol. The molecule has 0 bridgehead atoms. The molecule has 2 aromatic rings.